The van der Waals surface area contributed by atoms with E-state index in [1.807, 2.05) is 0 Å². The minimum absolute atomic E-state index is 0.493. The molecule has 2 nitrogen and oxygen atoms in total. The predicted octanol–water partition coefficient (Wildman–Crippen LogP) is 4.19. The lowest BCUT2D eigenvalue weighted by atomic mass is 10.1. The van der Waals surface area contributed by atoms with E-state index in [1.165, 1.54) is 35.0 Å². The van der Waals surface area contributed by atoms with E-state index in [0.29, 0.717) is 6.04 Å². The molecule has 1 aromatic heterocycles. The van der Waals surface area contributed by atoms with E-state index in [-0.39, 0.29) is 0 Å². The van der Waals surface area contributed by atoms with Crippen molar-refractivity contribution in [3.8, 4) is 0 Å². The Bertz CT molecular complexity index is 549. The van der Waals surface area contributed by atoms with Crippen molar-refractivity contribution in [1.29, 1.82) is 0 Å². The van der Waals surface area contributed by atoms with Gasteiger partial charge in [0.1, 0.15) is 0 Å². The summed E-state index contributed by atoms with van der Waals surface area (Å²) in [6.45, 7) is 6.64. The van der Waals surface area contributed by atoms with Gasteiger partial charge in [-0.15, -0.1) is 0 Å². The summed E-state index contributed by atoms with van der Waals surface area (Å²) in [7, 11) is 0. The summed E-state index contributed by atoms with van der Waals surface area (Å²) in [6.07, 6.45) is 3.77. The monoisotopic (exact) mass is 228 g/mol. The summed E-state index contributed by atoms with van der Waals surface area (Å²) >= 11 is 0. The van der Waals surface area contributed by atoms with Crippen molar-refractivity contribution in [2.75, 3.05) is 0 Å². The van der Waals surface area contributed by atoms with Crippen LogP contribution in [0.5, 0.6) is 0 Å². The number of aryl methyl sites for hydroxylation is 1. The lowest BCUT2D eigenvalue weighted by Gasteiger charge is -2.10. The minimum atomic E-state index is 0.493. The van der Waals surface area contributed by atoms with Gasteiger partial charge in [0.25, 0.3) is 0 Å². The fourth-order valence-electron chi connectivity index (χ4n) is 2.45. The molecular formula is C15H20N2. The van der Waals surface area contributed by atoms with Crippen LogP contribution in [-0.2, 0) is 0 Å². The maximum atomic E-state index is 4.88. The summed E-state index contributed by atoms with van der Waals surface area (Å²) in [4.78, 5) is 0. The molecule has 0 radical (unpaired) electrons. The van der Waals surface area contributed by atoms with Crippen molar-refractivity contribution >= 4 is 10.9 Å². The summed E-state index contributed by atoms with van der Waals surface area (Å²) in [5.41, 5.74) is 3.99. The van der Waals surface area contributed by atoms with E-state index in [2.05, 4.69) is 43.7 Å². The van der Waals surface area contributed by atoms with Crippen molar-refractivity contribution in [1.82, 2.24) is 9.78 Å². The summed E-state index contributed by atoms with van der Waals surface area (Å²) in [5.74, 6) is 0.726. The molecule has 2 aromatic rings. The Hall–Kier alpha value is -1.31. The minimum Gasteiger partial charge on any atom is -0.262 e. The zero-order valence-corrected chi connectivity index (χ0v) is 10.9. The molecule has 2 heteroatoms. The van der Waals surface area contributed by atoms with Crippen molar-refractivity contribution in [3.63, 3.8) is 0 Å². The molecule has 1 aliphatic carbocycles. The Balaban J connectivity index is 2.22. The van der Waals surface area contributed by atoms with Gasteiger partial charge in [-0.25, -0.2) is 0 Å². The van der Waals surface area contributed by atoms with E-state index in [0.717, 1.165) is 12.3 Å². The second-order valence-corrected chi connectivity index (χ2v) is 5.38. The second-order valence-electron chi connectivity index (χ2n) is 5.38. The van der Waals surface area contributed by atoms with Gasteiger partial charge in [0.15, 0.2) is 0 Å². The average molecular weight is 228 g/mol. The van der Waals surface area contributed by atoms with E-state index in [1.54, 1.807) is 0 Å². The third-order valence-corrected chi connectivity index (χ3v) is 3.86. The van der Waals surface area contributed by atoms with Crippen LogP contribution in [0.3, 0.4) is 0 Å². The first-order chi connectivity index (χ1) is 8.20. The first-order valence-electron chi connectivity index (χ1n) is 6.69. The number of hydrogen-bond donors (Lipinski definition) is 0. The normalized spacial score (nSPS) is 17.6. The smallest absolute Gasteiger partial charge is 0.0734 e. The number of nitrogens with zero attached hydrogens (tertiary/aromatic N) is 2. The quantitative estimate of drug-likeness (QED) is 0.770. The average Bonchev–Trinajstić information content (AvgIpc) is 3.10. The van der Waals surface area contributed by atoms with Crippen LogP contribution in [0.15, 0.2) is 18.2 Å². The Labute approximate surface area is 103 Å². The van der Waals surface area contributed by atoms with Crippen LogP contribution in [0.1, 0.15) is 56.3 Å². The Kier molecular flexibility index (Phi) is 2.46. The highest BCUT2D eigenvalue weighted by atomic mass is 15.3. The van der Waals surface area contributed by atoms with E-state index in [4.69, 9.17) is 5.10 Å². The number of aromatic nitrogens is 2. The molecule has 0 saturated heterocycles. The standard InChI is InChI=1S/C15H20N2/c1-4-11(3)17-14-8-5-10(2)9-13(14)15(16-17)12-6-7-12/h5,8-9,11-12H,4,6-7H2,1-3H3/t11-/m0/s1. The highest BCUT2D eigenvalue weighted by molar-refractivity contribution is 5.83. The Morgan fingerprint density at radius 2 is 2.18 bits per heavy atom. The number of fused-ring (bicyclic) bond motifs is 1. The number of benzene rings is 1. The summed E-state index contributed by atoms with van der Waals surface area (Å²) in [5, 5.41) is 6.26. The molecular weight excluding hydrogens is 208 g/mol. The van der Waals surface area contributed by atoms with Crippen LogP contribution in [0, 0.1) is 6.92 Å². The molecule has 0 N–H and O–H groups in total. The van der Waals surface area contributed by atoms with Gasteiger partial charge in [-0.2, -0.15) is 5.10 Å². The van der Waals surface area contributed by atoms with Crippen LogP contribution in [-0.4, -0.2) is 9.78 Å². The van der Waals surface area contributed by atoms with Crippen LogP contribution >= 0.6 is 0 Å². The van der Waals surface area contributed by atoms with Crippen LogP contribution in [0.25, 0.3) is 10.9 Å². The first-order valence-corrected chi connectivity index (χ1v) is 6.69. The topological polar surface area (TPSA) is 17.8 Å². The zero-order chi connectivity index (χ0) is 12.0. The highest BCUT2D eigenvalue weighted by Crippen LogP contribution is 2.43. The van der Waals surface area contributed by atoms with Gasteiger partial charge in [0, 0.05) is 17.3 Å². The molecule has 1 heterocycles. The lowest BCUT2D eigenvalue weighted by molar-refractivity contribution is 0.488. The third kappa shape index (κ3) is 1.76. The van der Waals surface area contributed by atoms with Crippen LogP contribution in [0.2, 0.25) is 0 Å². The van der Waals surface area contributed by atoms with Crippen molar-refractivity contribution in [3.05, 3.63) is 29.5 Å². The second kappa shape index (κ2) is 3.86. The molecule has 1 aromatic carbocycles. The number of rotatable bonds is 3. The predicted molar refractivity (Wildman–Crippen MR) is 71.4 cm³/mol. The molecule has 1 atom stereocenters. The maximum Gasteiger partial charge on any atom is 0.0734 e. The van der Waals surface area contributed by atoms with Gasteiger partial charge >= 0.3 is 0 Å². The molecule has 0 unspecified atom stereocenters. The zero-order valence-electron chi connectivity index (χ0n) is 10.9. The fraction of sp³-hybridized carbons (Fsp3) is 0.533. The molecule has 1 aliphatic rings. The molecule has 17 heavy (non-hydrogen) atoms. The van der Waals surface area contributed by atoms with Gasteiger partial charge in [-0.1, -0.05) is 18.6 Å². The van der Waals surface area contributed by atoms with Crippen molar-refractivity contribution in [2.45, 2.75) is 52.0 Å². The van der Waals surface area contributed by atoms with E-state index in [9.17, 15) is 0 Å². The maximum absolute atomic E-state index is 4.88. The molecule has 0 spiro atoms. The molecule has 90 valence electrons. The SMILES string of the molecule is CC[C@H](C)n1nc(C2CC2)c2cc(C)ccc21. The van der Waals surface area contributed by atoms with Crippen molar-refractivity contribution in [2.24, 2.45) is 0 Å². The van der Waals surface area contributed by atoms with E-state index < -0.39 is 0 Å². The number of hydrogen-bond acceptors (Lipinski definition) is 1. The van der Waals surface area contributed by atoms with Crippen LogP contribution < -0.4 is 0 Å². The van der Waals surface area contributed by atoms with Gasteiger partial charge in [0.05, 0.1) is 11.2 Å². The lowest BCUT2D eigenvalue weighted by Crippen LogP contribution is -2.05. The Morgan fingerprint density at radius 3 is 2.82 bits per heavy atom. The highest BCUT2D eigenvalue weighted by Gasteiger charge is 2.29. The summed E-state index contributed by atoms with van der Waals surface area (Å²) < 4.78 is 2.22. The molecule has 3 rings (SSSR count). The van der Waals surface area contributed by atoms with Gasteiger partial charge < -0.3 is 0 Å². The van der Waals surface area contributed by atoms with Crippen molar-refractivity contribution < 1.29 is 0 Å². The van der Waals surface area contributed by atoms with Gasteiger partial charge in [-0.05, 0) is 45.2 Å². The molecule has 0 amide bonds. The van der Waals surface area contributed by atoms with Crippen LogP contribution in [0.4, 0.5) is 0 Å². The Morgan fingerprint density at radius 1 is 1.41 bits per heavy atom. The molecule has 1 fully saturated rings. The van der Waals surface area contributed by atoms with Gasteiger partial charge in [-0.3, -0.25) is 4.68 Å². The third-order valence-electron chi connectivity index (χ3n) is 3.86. The fourth-order valence-corrected chi connectivity index (χ4v) is 2.45. The first kappa shape index (κ1) is 10.8. The van der Waals surface area contributed by atoms with Gasteiger partial charge in [0.2, 0.25) is 0 Å². The molecule has 1 saturated carbocycles. The van der Waals surface area contributed by atoms with E-state index >= 15 is 0 Å². The molecule has 0 aliphatic heterocycles. The largest absolute Gasteiger partial charge is 0.262 e. The summed E-state index contributed by atoms with van der Waals surface area (Å²) in [6, 6.07) is 7.22. The molecule has 0 bridgehead atoms.